The fourth-order valence-electron chi connectivity index (χ4n) is 10.9. The van der Waals surface area contributed by atoms with Crippen molar-refractivity contribution in [2.75, 3.05) is 0 Å². The lowest BCUT2D eigenvalue weighted by Crippen LogP contribution is -2.10. The van der Waals surface area contributed by atoms with E-state index >= 15 is 0 Å². The molecule has 4 aromatic heterocycles. The van der Waals surface area contributed by atoms with E-state index < -0.39 is 0 Å². The van der Waals surface area contributed by atoms with Crippen LogP contribution in [0.2, 0.25) is 0 Å². The maximum Gasteiger partial charge on any atom is 0.240 e. The van der Waals surface area contributed by atoms with Crippen molar-refractivity contribution in [1.29, 1.82) is 0 Å². The van der Waals surface area contributed by atoms with Crippen LogP contribution in [0.5, 0.6) is 0 Å². The van der Waals surface area contributed by atoms with Gasteiger partial charge in [0, 0.05) is 43.7 Å². The quantitative estimate of drug-likeness (QED) is 0.156. The second-order valence-corrected chi connectivity index (χ2v) is 18.4. The highest BCUT2D eigenvalue weighted by Crippen LogP contribution is 2.43. The first-order valence-corrected chi connectivity index (χ1v) is 23.3. The third-order valence-corrected chi connectivity index (χ3v) is 14.0. The number of aromatic nitrogens is 6. The van der Waals surface area contributed by atoms with Gasteiger partial charge in [-0.15, -0.1) is 0 Å². The van der Waals surface area contributed by atoms with Crippen LogP contribution >= 0.6 is 0 Å². The van der Waals surface area contributed by atoms with Crippen molar-refractivity contribution in [2.24, 2.45) is 0 Å². The Bertz CT molecular complexity index is 4070. The molecule has 0 amide bonds. The van der Waals surface area contributed by atoms with E-state index in [1.54, 1.807) is 0 Å². The van der Waals surface area contributed by atoms with Crippen LogP contribution in [-0.4, -0.2) is 28.7 Å². The molecule has 6 heteroatoms. The molecule has 9 aromatic carbocycles. The summed E-state index contributed by atoms with van der Waals surface area (Å²) < 4.78 is 6.80. The Hall–Kier alpha value is -8.61. The van der Waals surface area contributed by atoms with E-state index in [9.17, 15) is 0 Å². The van der Waals surface area contributed by atoms with Gasteiger partial charge >= 0.3 is 0 Å². The zero-order chi connectivity index (χ0) is 45.9. The van der Waals surface area contributed by atoms with E-state index in [1.807, 2.05) is 6.08 Å². The molecule has 0 bridgehead atoms. The molecule has 0 N–H and O–H groups in total. The van der Waals surface area contributed by atoms with Gasteiger partial charge in [-0.1, -0.05) is 120 Å². The van der Waals surface area contributed by atoms with Crippen molar-refractivity contribution < 1.29 is 0 Å². The number of rotatable bonds is 6. The average Bonchev–Trinajstić information content (AvgIpc) is 3.97. The van der Waals surface area contributed by atoms with Crippen molar-refractivity contribution in [1.82, 2.24) is 28.7 Å². The van der Waals surface area contributed by atoms with E-state index in [-0.39, 0.29) is 0 Å². The SMILES string of the molecule is C=Cc1c(/C=C\C)n(-c2ccccc2)c2cc3c4ccccc4c4cc(-c5nc(-n6c7ccc(C)cc7c7cc(C)ccc76)nc(-n6c7ccc(C)cc7c7cc(C)ccc76)n5)ccc4c3cc12. The minimum Gasteiger partial charge on any atom is -0.309 e. The Balaban J connectivity index is 1.11. The lowest BCUT2D eigenvalue weighted by Gasteiger charge is -2.15. The zero-order valence-corrected chi connectivity index (χ0v) is 38.6. The third kappa shape index (κ3) is 5.87. The molecule has 13 aromatic rings. The maximum atomic E-state index is 5.47. The number of benzene rings is 9. The minimum absolute atomic E-state index is 0.564. The fourth-order valence-corrected chi connectivity index (χ4v) is 10.9. The number of aryl methyl sites for hydroxylation is 4. The molecular formula is C62H46N6. The highest BCUT2D eigenvalue weighted by atomic mass is 15.3. The summed E-state index contributed by atoms with van der Waals surface area (Å²) >= 11 is 0. The van der Waals surface area contributed by atoms with Crippen LogP contribution in [0.3, 0.4) is 0 Å². The molecule has 6 nitrogen and oxygen atoms in total. The van der Waals surface area contributed by atoms with Crippen molar-refractivity contribution in [2.45, 2.75) is 34.6 Å². The van der Waals surface area contributed by atoms with Gasteiger partial charge in [-0.25, -0.2) is 0 Å². The summed E-state index contributed by atoms with van der Waals surface area (Å²) in [6, 6.07) is 57.5. The van der Waals surface area contributed by atoms with Crippen molar-refractivity contribution >= 4 is 99.0 Å². The van der Waals surface area contributed by atoms with Gasteiger partial charge in [-0.05, 0) is 152 Å². The van der Waals surface area contributed by atoms with Crippen molar-refractivity contribution in [3.63, 3.8) is 0 Å². The average molecular weight is 875 g/mol. The van der Waals surface area contributed by atoms with Gasteiger partial charge < -0.3 is 4.57 Å². The van der Waals surface area contributed by atoms with Crippen LogP contribution in [-0.2, 0) is 0 Å². The number of hydrogen-bond acceptors (Lipinski definition) is 3. The largest absolute Gasteiger partial charge is 0.309 e. The summed E-state index contributed by atoms with van der Waals surface area (Å²) in [5, 5.41) is 12.9. The fraction of sp³-hybridized carbons (Fsp3) is 0.0806. The van der Waals surface area contributed by atoms with Crippen molar-refractivity contribution in [3.05, 3.63) is 204 Å². The topological polar surface area (TPSA) is 53.5 Å². The van der Waals surface area contributed by atoms with E-state index in [1.165, 1.54) is 65.3 Å². The summed E-state index contributed by atoms with van der Waals surface area (Å²) in [5.74, 6) is 1.73. The molecular weight excluding hydrogens is 829 g/mol. The van der Waals surface area contributed by atoms with Crippen molar-refractivity contribution in [3.8, 4) is 29.0 Å². The smallest absolute Gasteiger partial charge is 0.240 e. The molecule has 68 heavy (non-hydrogen) atoms. The van der Waals surface area contributed by atoms with E-state index in [2.05, 4.69) is 225 Å². The summed E-state index contributed by atoms with van der Waals surface area (Å²) in [6.07, 6.45) is 6.30. The highest BCUT2D eigenvalue weighted by molar-refractivity contribution is 6.28. The number of nitrogens with zero attached hydrogens (tertiary/aromatic N) is 6. The molecule has 4 heterocycles. The molecule has 324 valence electrons. The predicted molar refractivity (Wildman–Crippen MR) is 287 cm³/mol. The van der Waals surface area contributed by atoms with Gasteiger partial charge in [0.05, 0.1) is 33.3 Å². The Morgan fingerprint density at radius 2 is 0.868 bits per heavy atom. The van der Waals surface area contributed by atoms with Crippen LogP contribution in [0.4, 0.5) is 0 Å². The van der Waals surface area contributed by atoms with Crippen LogP contribution in [0.1, 0.15) is 40.4 Å². The van der Waals surface area contributed by atoms with Gasteiger partial charge in [-0.2, -0.15) is 15.0 Å². The summed E-state index contributed by atoms with van der Waals surface area (Å²) in [7, 11) is 0. The van der Waals surface area contributed by atoms with Gasteiger partial charge in [0.1, 0.15) is 0 Å². The lowest BCUT2D eigenvalue weighted by molar-refractivity contribution is 0.893. The Morgan fingerprint density at radius 3 is 1.37 bits per heavy atom. The molecule has 0 spiro atoms. The number of para-hydroxylation sites is 1. The minimum atomic E-state index is 0.564. The van der Waals surface area contributed by atoms with Gasteiger partial charge in [0.25, 0.3) is 0 Å². The first-order chi connectivity index (χ1) is 33.3. The van der Waals surface area contributed by atoms with Gasteiger partial charge in [-0.3, -0.25) is 9.13 Å². The first-order valence-electron chi connectivity index (χ1n) is 23.3. The number of allylic oxidation sites excluding steroid dienone is 1. The first kappa shape index (κ1) is 39.7. The summed E-state index contributed by atoms with van der Waals surface area (Å²) in [4.78, 5) is 16.4. The Kier molecular flexibility index (Phi) is 8.74. The summed E-state index contributed by atoms with van der Waals surface area (Å²) in [5.41, 5.74) is 14.4. The third-order valence-electron chi connectivity index (χ3n) is 14.0. The Morgan fingerprint density at radius 1 is 0.397 bits per heavy atom. The molecule has 0 radical (unpaired) electrons. The van der Waals surface area contributed by atoms with Crippen LogP contribution in [0.25, 0.3) is 128 Å². The molecule has 0 aliphatic carbocycles. The Labute approximate surface area is 393 Å². The van der Waals surface area contributed by atoms with Crippen LogP contribution in [0.15, 0.2) is 170 Å². The molecule has 0 saturated heterocycles. The molecule has 0 unspecified atom stereocenters. The molecule has 13 rings (SSSR count). The van der Waals surface area contributed by atoms with E-state index in [4.69, 9.17) is 15.0 Å². The predicted octanol–water partition coefficient (Wildman–Crippen LogP) is 16.0. The van der Waals surface area contributed by atoms with Gasteiger partial charge in [0.2, 0.25) is 11.9 Å². The second kappa shape index (κ2) is 15.0. The maximum absolute atomic E-state index is 5.47. The van der Waals surface area contributed by atoms with Crippen LogP contribution < -0.4 is 0 Å². The monoisotopic (exact) mass is 874 g/mol. The standard InChI is InChI=1S/C62H46N6/c1-7-14-54-42(8-2)53-34-47-45-24-23-40(33-46(45)43-17-12-13-18-44(43)48(47)35-59(53)66(54)41-15-10-9-11-16-41)60-63-61(67-55-25-19-36(3)29-49(55)50-30-37(4)20-26-56(50)67)65-62(64-60)68-57-27-21-38(5)31-51(57)52-32-39(6)22-28-58(52)68/h7-35H,2H2,1,3-6H3/b14-7-. The molecule has 0 aliphatic heterocycles. The number of fused-ring (bicyclic) bond motifs is 13. The highest BCUT2D eigenvalue weighted by Gasteiger charge is 2.23. The molecule has 0 atom stereocenters. The lowest BCUT2D eigenvalue weighted by atomic mass is 9.92. The molecule has 0 saturated carbocycles. The zero-order valence-electron chi connectivity index (χ0n) is 38.6. The van der Waals surface area contributed by atoms with Crippen LogP contribution in [0, 0.1) is 27.7 Å². The summed E-state index contributed by atoms with van der Waals surface area (Å²) in [6.45, 7) is 15.0. The number of hydrogen-bond donors (Lipinski definition) is 0. The normalized spacial score (nSPS) is 12.2. The van der Waals surface area contributed by atoms with E-state index in [0.29, 0.717) is 17.7 Å². The second-order valence-electron chi connectivity index (χ2n) is 18.4. The molecule has 0 aliphatic rings. The van der Waals surface area contributed by atoms with E-state index in [0.717, 1.165) is 66.3 Å². The molecule has 0 fully saturated rings. The van der Waals surface area contributed by atoms with Gasteiger partial charge in [0.15, 0.2) is 5.82 Å².